The molecule has 0 aliphatic carbocycles. The summed E-state index contributed by atoms with van der Waals surface area (Å²) in [6.45, 7) is 4.57. The summed E-state index contributed by atoms with van der Waals surface area (Å²) in [7, 11) is -2.88. The number of esters is 1. The van der Waals surface area contributed by atoms with Crippen LogP contribution in [0.5, 0.6) is 34.6 Å². The molecule has 0 saturated heterocycles. The first-order chi connectivity index (χ1) is 26.9. The minimum Gasteiger partial charge on any atom is -0.493 e. The molecule has 1 aromatic heterocycles. The average Bonchev–Trinajstić information content (AvgIpc) is 3.66. The highest BCUT2D eigenvalue weighted by Gasteiger charge is 2.29. The van der Waals surface area contributed by atoms with Crippen molar-refractivity contribution in [3.63, 3.8) is 0 Å². The molecule has 1 atom stereocenters. The highest BCUT2D eigenvalue weighted by molar-refractivity contribution is 7.92. The number of rotatable bonds is 15. The first-order valence-corrected chi connectivity index (χ1v) is 18.9. The molecule has 0 radical (unpaired) electrons. The Bertz CT molecular complexity index is 2270. The lowest BCUT2D eigenvalue weighted by Gasteiger charge is -2.24. The van der Waals surface area contributed by atoms with Gasteiger partial charge in [-0.2, -0.15) is 4.98 Å². The van der Waals surface area contributed by atoms with Gasteiger partial charge in [-0.3, -0.25) is 4.72 Å². The predicted octanol–water partition coefficient (Wildman–Crippen LogP) is 6.53. The molecule has 1 aliphatic rings. The van der Waals surface area contributed by atoms with Crippen molar-refractivity contribution in [2.45, 2.75) is 43.7 Å². The van der Waals surface area contributed by atoms with Gasteiger partial charge < -0.3 is 38.5 Å². The number of anilines is 1. The zero-order chi connectivity index (χ0) is 39.7. The van der Waals surface area contributed by atoms with E-state index in [0.29, 0.717) is 17.1 Å². The molecule has 5 aromatic rings. The van der Waals surface area contributed by atoms with Crippen molar-refractivity contribution >= 4 is 27.9 Å². The number of amides is 1. The number of methoxy groups -OCH3 is 1. The number of carbonyl (C=O) groups is 2. The minimum atomic E-state index is -4.33. The summed E-state index contributed by atoms with van der Waals surface area (Å²) >= 11 is 0. The smallest absolute Gasteiger partial charge is 0.407 e. The summed E-state index contributed by atoms with van der Waals surface area (Å²) < 4.78 is 69.7. The van der Waals surface area contributed by atoms with Crippen molar-refractivity contribution in [1.29, 1.82) is 0 Å². The van der Waals surface area contributed by atoms with Crippen molar-refractivity contribution in [2.24, 2.45) is 0 Å². The van der Waals surface area contributed by atoms with E-state index in [9.17, 15) is 18.0 Å². The van der Waals surface area contributed by atoms with Crippen LogP contribution in [0.3, 0.4) is 0 Å². The van der Waals surface area contributed by atoms with Crippen molar-refractivity contribution < 1.29 is 51.2 Å². The fourth-order valence-electron chi connectivity index (χ4n) is 5.32. The quantitative estimate of drug-likeness (QED) is 0.0864. The predicted molar refractivity (Wildman–Crippen MR) is 204 cm³/mol. The number of nitrogens with one attached hydrogen (secondary N) is 2. The van der Waals surface area contributed by atoms with E-state index in [4.69, 9.17) is 33.2 Å². The maximum Gasteiger partial charge on any atom is 0.407 e. The largest absolute Gasteiger partial charge is 0.493 e. The fourth-order valence-corrected chi connectivity index (χ4v) is 6.34. The zero-order valence-electron chi connectivity index (χ0n) is 31.0. The molecule has 0 bridgehead atoms. The third-order valence-electron chi connectivity index (χ3n) is 7.85. The SMILES string of the molecule is COc1ccccc1Oc1c(NS(=O)(=O)c2ccc3c(c2)OCO3)nc(-c2ccccc2)nc1OCCOC(=O)N[C@@H](Cc1ccccc1)C(=O)OC(C)(C)C. The summed E-state index contributed by atoms with van der Waals surface area (Å²) in [5, 5.41) is 2.59. The number of carbonyl (C=O) groups excluding carboxylic acids is 2. The number of fused-ring (bicyclic) bond motifs is 1. The summed E-state index contributed by atoms with van der Waals surface area (Å²) in [5.41, 5.74) is 0.548. The Morgan fingerprint density at radius 2 is 1.52 bits per heavy atom. The van der Waals surface area contributed by atoms with Gasteiger partial charge in [-0.05, 0) is 50.6 Å². The van der Waals surface area contributed by atoms with Gasteiger partial charge in [-0.15, -0.1) is 0 Å². The van der Waals surface area contributed by atoms with Crippen LogP contribution < -0.4 is 33.7 Å². The van der Waals surface area contributed by atoms with Crippen LogP contribution in [0.15, 0.2) is 108 Å². The van der Waals surface area contributed by atoms with Gasteiger partial charge >= 0.3 is 12.1 Å². The molecule has 0 saturated carbocycles. The van der Waals surface area contributed by atoms with Crippen LogP contribution in [-0.2, 0) is 30.7 Å². The fraction of sp³-hybridized carbons (Fsp3) is 0.250. The van der Waals surface area contributed by atoms with E-state index in [1.807, 2.05) is 30.3 Å². The molecule has 0 unspecified atom stereocenters. The van der Waals surface area contributed by atoms with Crippen LogP contribution in [-0.4, -0.2) is 69.2 Å². The Morgan fingerprint density at radius 3 is 2.23 bits per heavy atom. The maximum atomic E-state index is 13.9. The highest BCUT2D eigenvalue weighted by atomic mass is 32.2. The van der Waals surface area contributed by atoms with Gasteiger partial charge in [0.15, 0.2) is 34.6 Å². The number of sulfonamides is 1. The lowest BCUT2D eigenvalue weighted by atomic mass is 10.1. The second kappa shape index (κ2) is 17.3. The van der Waals surface area contributed by atoms with Gasteiger partial charge in [-0.25, -0.2) is 23.0 Å². The van der Waals surface area contributed by atoms with E-state index in [-0.39, 0.29) is 66.1 Å². The van der Waals surface area contributed by atoms with Gasteiger partial charge in [0.2, 0.25) is 12.5 Å². The number of hydrogen-bond donors (Lipinski definition) is 2. The third-order valence-corrected chi connectivity index (χ3v) is 9.19. The third kappa shape index (κ3) is 10.1. The minimum absolute atomic E-state index is 0.0421. The summed E-state index contributed by atoms with van der Waals surface area (Å²) in [6, 6.07) is 27.8. The highest BCUT2D eigenvalue weighted by Crippen LogP contribution is 2.42. The molecule has 16 heteroatoms. The molecule has 0 fully saturated rings. The number of ether oxygens (including phenoxy) is 7. The monoisotopic (exact) mass is 784 g/mol. The normalized spacial score (nSPS) is 12.6. The Kier molecular flexibility index (Phi) is 12.1. The Labute approximate surface area is 323 Å². The van der Waals surface area contributed by atoms with Crippen LogP contribution in [0.1, 0.15) is 26.3 Å². The van der Waals surface area contributed by atoms with E-state index < -0.39 is 33.7 Å². The number of benzene rings is 4. The second-order valence-corrected chi connectivity index (χ2v) is 14.9. The van der Waals surface area contributed by atoms with E-state index in [2.05, 4.69) is 20.0 Å². The van der Waals surface area contributed by atoms with Gasteiger partial charge in [0, 0.05) is 18.1 Å². The molecule has 1 aliphatic heterocycles. The van der Waals surface area contributed by atoms with Crippen LogP contribution in [0.4, 0.5) is 10.6 Å². The van der Waals surface area contributed by atoms with Gasteiger partial charge in [0.05, 0.1) is 12.0 Å². The molecule has 4 aromatic carbocycles. The maximum absolute atomic E-state index is 13.9. The van der Waals surface area contributed by atoms with Crippen molar-refractivity contribution in [3.8, 4) is 46.0 Å². The van der Waals surface area contributed by atoms with E-state index in [1.165, 1.54) is 25.3 Å². The van der Waals surface area contributed by atoms with Gasteiger partial charge in [-0.1, -0.05) is 72.8 Å². The summed E-state index contributed by atoms with van der Waals surface area (Å²) in [6.07, 6.45) is -0.727. The number of nitrogens with zero attached hydrogens (tertiary/aromatic N) is 2. The molecule has 2 N–H and O–H groups in total. The van der Waals surface area contributed by atoms with E-state index in [0.717, 1.165) is 5.56 Å². The molecule has 15 nitrogen and oxygen atoms in total. The summed E-state index contributed by atoms with van der Waals surface area (Å²) in [5.74, 6) is -0.0148. The van der Waals surface area contributed by atoms with Gasteiger partial charge in [0.1, 0.15) is 24.9 Å². The van der Waals surface area contributed by atoms with Gasteiger partial charge in [0.25, 0.3) is 15.9 Å². The van der Waals surface area contributed by atoms with Crippen LogP contribution in [0.2, 0.25) is 0 Å². The number of aromatic nitrogens is 2. The van der Waals surface area contributed by atoms with Crippen LogP contribution >= 0.6 is 0 Å². The number of hydrogen-bond acceptors (Lipinski definition) is 13. The van der Waals surface area contributed by atoms with Crippen molar-refractivity contribution in [1.82, 2.24) is 15.3 Å². The number of alkyl carbamates (subject to hydrolysis) is 1. The topological polar surface area (TPSA) is 183 Å². The molecule has 292 valence electrons. The average molecular weight is 785 g/mol. The molecular weight excluding hydrogens is 745 g/mol. The number of para-hydroxylation sites is 2. The van der Waals surface area contributed by atoms with E-state index >= 15 is 0 Å². The molecule has 1 amide bonds. The Morgan fingerprint density at radius 1 is 0.839 bits per heavy atom. The molecular formula is C40H40N4O11S. The second-order valence-electron chi connectivity index (χ2n) is 13.2. The summed E-state index contributed by atoms with van der Waals surface area (Å²) in [4.78, 5) is 35.1. The van der Waals surface area contributed by atoms with Crippen LogP contribution in [0, 0.1) is 0 Å². The molecule has 2 heterocycles. The zero-order valence-corrected chi connectivity index (χ0v) is 31.8. The standard InChI is InChI=1S/C40H40N4O11S/c1-40(2,3)55-38(45)29(23-26-13-7-5-8-14-26)41-39(46)51-22-21-50-37-34(54-32-18-12-11-17-30(32)49-4)36(42-35(43-37)27-15-9-6-10-16-27)44-56(47,48)28-19-20-31-33(24-28)53-25-52-31/h5-20,24,29H,21-23,25H2,1-4H3,(H,41,46)(H,42,43,44)/t29-/m0/s1. The Hall–Kier alpha value is -6.55. The first-order valence-electron chi connectivity index (χ1n) is 17.4. The lowest BCUT2D eigenvalue weighted by Crippen LogP contribution is -2.46. The van der Waals surface area contributed by atoms with Crippen LogP contribution in [0.25, 0.3) is 11.4 Å². The molecule has 0 spiro atoms. The molecule has 6 rings (SSSR count). The van der Waals surface area contributed by atoms with Crippen molar-refractivity contribution in [3.05, 3.63) is 109 Å². The van der Waals surface area contributed by atoms with Crippen molar-refractivity contribution in [2.75, 3.05) is 31.8 Å². The van der Waals surface area contributed by atoms with E-state index in [1.54, 1.807) is 75.4 Å². The molecule has 56 heavy (non-hydrogen) atoms. The first kappa shape index (κ1) is 39.2. The Balaban J connectivity index is 1.27. The lowest BCUT2D eigenvalue weighted by molar-refractivity contribution is -0.157.